The van der Waals surface area contributed by atoms with Gasteiger partial charge in [0.2, 0.25) is 5.09 Å². The van der Waals surface area contributed by atoms with E-state index in [1.165, 1.54) is 6.07 Å². The lowest BCUT2D eigenvalue weighted by Gasteiger charge is -2.22. The number of methoxy groups -OCH3 is 1. The van der Waals surface area contributed by atoms with Gasteiger partial charge in [0.15, 0.2) is 0 Å². The van der Waals surface area contributed by atoms with Crippen molar-refractivity contribution in [1.29, 1.82) is 0 Å². The highest BCUT2D eigenvalue weighted by atomic mass is 32.2. The molecule has 0 spiro atoms. The van der Waals surface area contributed by atoms with Crippen molar-refractivity contribution in [1.82, 2.24) is 5.32 Å². The molecule has 1 aromatic heterocycles. The third-order valence-electron chi connectivity index (χ3n) is 2.32. The number of hydrogen-bond donors (Lipinski definition) is 2. The van der Waals surface area contributed by atoms with Crippen LogP contribution in [0.3, 0.4) is 0 Å². The molecule has 6 nitrogen and oxygen atoms in total. The van der Waals surface area contributed by atoms with E-state index in [4.69, 9.17) is 14.3 Å². The monoisotopic (exact) mass is 262 g/mol. The third-order valence-corrected chi connectivity index (χ3v) is 3.10. The summed E-state index contributed by atoms with van der Waals surface area (Å²) < 4.78 is 32.2. The first-order valence-electron chi connectivity index (χ1n) is 5.12. The lowest BCUT2D eigenvalue weighted by Crippen LogP contribution is -2.36. The topological polar surface area (TPSA) is 94.6 Å². The Labute approximate surface area is 101 Å². The molecular formula is C10H18N2O4S. The Bertz CT molecular complexity index is 464. The van der Waals surface area contributed by atoms with Gasteiger partial charge in [0.25, 0.3) is 10.0 Å². The number of sulfonamides is 1. The molecule has 0 aliphatic rings. The van der Waals surface area contributed by atoms with Crippen molar-refractivity contribution in [3.05, 3.63) is 17.9 Å². The Hall–Kier alpha value is -0.890. The zero-order chi connectivity index (χ0) is 13.1. The van der Waals surface area contributed by atoms with Crippen LogP contribution >= 0.6 is 0 Å². The van der Waals surface area contributed by atoms with Crippen LogP contribution in [0.2, 0.25) is 0 Å². The molecule has 17 heavy (non-hydrogen) atoms. The fourth-order valence-corrected chi connectivity index (χ4v) is 1.65. The second-order valence-electron chi connectivity index (χ2n) is 4.33. The van der Waals surface area contributed by atoms with E-state index in [0.717, 1.165) is 0 Å². The molecular weight excluding hydrogens is 244 g/mol. The van der Waals surface area contributed by atoms with E-state index in [-0.39, 0.29) is 10.7 Å². The van der Waals surface area contributed by atoms with Crippen LogP contribution in [0.5, 0.6) is 0 Å². The standard InChI is InChI=1S/C10H18N2O4S/c1-10(2,15-3)7-12-6-8-4-5-9(16-8)17(11,13)14/h4-5,12H,6-7H2,1-3H3,(H2,11,13,14). The van der Waals surface area contributed by atoms with Gasteiger partial charge in [-0.2, -0.15) is 0 Å². The van der Waals surface area contributed by atoms with Crippen LogP contribution in [0.15, 0.2) is 21.6 Å². The second-order valence-corrected chi connectivity index (χ2v) is 5.83. The Morgan fingerprint density at radius 2 is 2.12 bits per heavy atom. The molecule has 1 aromatic rings. The lowest BCUT2D eigenvalue weighted by molar-refractivity contribution is 0.0227. The minimum absolute atomic E-state index is 0.222. The SMILES string of the molecule is COC(C)(C)CNCc1ccc(S(N)(=O)=O)o1. The summed E-state index contributed by atoms with van der Waals surface area (Å²) in [5.41, 5.74) is -0.282. The van der Waals surface area contributed by atoms with Gasteiger partial charge in [-0.15, -0.1) is 0 Å². The number of nitrogens with two attached hydrogens (primary N) is 1. The van der Waals surface area contributed by atoms with Crippen LogP contribution in [0.1, 0.15) is 19.6 Å². The fraction of sp³-hybridized carbons (Fsp3) is 0.600. The number of rotatable bonds is 6. The molecule has 1 rings (SSSR count). The van der Waals surface area contributed by atoms with Gasteiger partial charge < -0.3 is 14.5 Å². The molecule has 0 saturated carbocycles. The lowest BCUT2D eigenvalue weighted by atomic mass is 10.1. The maximum atomic E-state index is 11.0. The first kappa shape index (κ1) is 14.2. The quantitative estimate of drug-likeness (QED) is 0.775. The smallest absolute Gasteiger partial charge is 0.271 e. The van der Waals surface area contributed by atoms with E-state index in [0.29, 0.717) is 18.8 Å². The molecule has 7 heteroatoms. The Balaban J connectivity index is 2.52. The molecule has 0 radical (unpaired) electrons. The van der Waals surface area contributed by atoms with Gasteiger partial charge in [0.05, 0.1) is 12.1 Å². The number of furan rings is 1. The normalized spacial score (nSPS) is 12.9. The van der Waals surface area contributed by atoms with E-state index in [2.05, 4.69) is 5.32 Å². The molecule has 0 saturated heterocycles. The highest BCUT2D eigenvalue weighted by molar-refractivity contribution is 7.89. The van der Waals surface area contributed by atoms with Gasteiger partial charge >= 0.3 is 0 Å². The van der Waals surface area contributed by atoms with Gasteiger partial charge in [-0.05, 0) is 26.0 Å². The summed E-state index contributed by atoms with van der Waals surface area (Å²) in [4.78, 5) is 0. The van der Waals surface area contributed by atoms with Crippen molar-refractivity contribution in [2.75, 3.05) is 13.7 Å². The minimum Gasteiger partial charge on any atom is -0.447 e. The van der Waals surface area contributed by atoms with E-state index in [1.807, 2.05) is 13.8 Å². The van der Waals surface area contributed by atoms with Crippen molar-refractivity contribution in [2.45, 2.75) is 31.1 Å². The van der Waals surface area contributed by atoms with E-state index < -0.39 is 10.0 Å². The zero-order valence-corrected chi connectivity index (χ0v) is 11.0. The molecule has 0 fully saturated rings. The Kier molecular flexibility index (Phi) is 4.31. The maximum Gasteiger partial charge on any atom is 0.271 e. The summed E-state index contributed by atoms with van der Waals surface area (Å²) in [6, 6.07) is 2.92. The first-order chi connectivity index (χ1) is 7.74. The van der Waals surface area contributed by atoms with Crippen molar-refractivity contribution in [2.24, 2.45) is 5.14 Å². The van der Waals surface area contributed by atoms with Crippen molar-refractivity contribution < 1.29 is 17.6 Å². The first-order valence-corrected chi connectivity index (χ1v) is 6.66. The van der Waals surface area contributed by atoms with Crippen LogP contribution < -0.4 is 10.5 Å². The summed E-state index contributed by atoms with van der Waals surface area (Å²) in [6.07, 6.45) is 0. The second kappa shape index (κ2) is 5.18. The molecule has 0 unspecified atom stereocenters. The maximum absolute atomic E-state index is 11.0. The fourth-order valence-electron chi connectivity index (χ4n) is 1.17. The summed E-state index contributed by atoms with van der Waals surface area (Å²) in [6.45, 7) is 4.92. The highest BCUT2D eigenvalue weighted by Crippen LogP contribution is 2.12. The predicted octanol–water partition coefficient (Wildman–Crippen LogP) is 0.442. The summed E-state index contributed by atoms with van der Waals surface area (Å²) >= 11 is 0. The van der Waals surface area contributed by atoms with Crippen molar-refractivity contribution >= 4 is 10.0 Å². The van der Waals surface area contributed by atoms with E-state index in [1.54, 1.807) is 13.2 Å². The molecule has 0 aromatic carbocycles. The molecule has 0 amide bonds. The summed E-state index contributed by atoms with van der Waals surface area (Å²) in [5.74, 6) is 0.515. The van der Waals surface area contributed by atoms with Crippen LogP contribution in [0, 0.1) is 0 Å². The molecule has 3 N–H and O–H groups in total. The summed E-state index contributed by atoms with van der Waals surface area (Å²) in [5, 5.41) is 7.81. The number of hydrogen-bond acceptors (Lipinski definition) is 5. The van der Waals surface area contributed by atoms with Gasteiger partial charge in [-0.25, -0.2) is 13.6 Å². The van der Waals surface area contributed by atoms with Gasteiger partial charge in [0.1, 0.15) is 5.76 Å². The van der Waals surface area contributed by atoms with E-state index in [9.17, 15) is 8.42 Å². The molecule has 98 valence electrons. The van der Waals surface area contributed by atoms with E-state index >= 15 is 0 Å². The average Bonchev–Trinajstić information content (AvgIpc) is 2.66. The Morgan fingerprint density at radius 1 is 1.47 bits per heavy atom. The number of nitrogens with one attached hydrogen (secondary N) is 1. The molecule has 0 aliphatic carbocycles. The molecule has 0 bridgehead atoms. The minimum atomic E-state index is -3.76. The van der Waals surface area contributed by atoms with Crippen LogP contribution in [0.4, 0.5) is 0 Å². The average molecular weight is 262 g/mol. The molecule has 1 heterocycles. The zero-order valence-electron chi connectivity index (χ0n) is 10.2. The van der Waals surface area contributed by atoms with Crippen molar-refractivity contribution in [3.63, 3.8) is 0 Å². The summed E-state index contributed by atoms with van der Waals surface area (Å²) in [7, 11) is -2.13. The van der Waals surface area contributed by atoms with Crippen LogP contribution in [0.25, 0.3) is 0 Å². The third kappa shape index (κ3) is 4.47. The highest BCUT2D eigenvalue weighted by Gasteiger charge is 2.16. The van der Waals surface area contributed by atoms with Crippen LogP contribution in [-0.4, -0.2) is 27.7 Å². The van der Waals surface area contributed by atoms with Gasteiger partial charge in [-0.3, -0.25) is 0 Å². The van der Waals surface area contributed by atoms with Gasteiger partial charge in [0, 0.05) is 13.7 Å². The van der Waals surface area contributed by atoms with Gasteiger partial charge in [-0.1, -0.05) is 0 Å². The van der Waals surface area contributed by atoms with Crippen LogP contribution in [-0.2, 0) is 21.3 Å². The molecule has 0 aliphatic heterocycles. The Morgan fingerprint density at radius 3 is 2.59 bits per heavy atom. The predicted molar refractivity (Wildman–Crippen MR) is 62.9 cm³/mol. The largest absolute Gasteiger partial charge is 0.447 e. The van der Waals surface area contributed by atoms with Crippen molar-refractivity contribution in [3.8, 4) is 0 Å². The number of ether oxygens (including phenoxy) is 1. The number of primary sulfonamides is 1. The molecule has 0 atom stereocenters.